The molecular formula is C23H29GeN. The van der Waals surface area contributed by atoms with Gasteiger partial charge in [-0.05, 0) is 0 Å². The Morgan fingerprint density at radius 3 is 2.48 bits per heavy atom. The van der Waals surface area contributed by atoms with Crippen molar-refractivity contribution in [1.29, 1.82) is 0 Å². The van der Waals surface area contributed by atoms with E-state index in [1.807, 2.05) is 19.2 Å². The van der Waals surface area contributed by atoms with Gasteiger partial charge in [-0.1, -0.05) is 0 Å². The second-order valence-electron chi connectivity index (χ2n) is 8.20. The molecule has 0 bridgehead atoms. The van der Waals surface area contributed by atoms with E-state index in [9.17, 15) is 0 Å². The Balaban J connectivity index is 2.22. The molecule has 25 heavy (non-hydrogen) atoms. The molecule has 0 aliphatic heterocycles. The Bertz CT molecular complexity index is 987. The Hall–Kier alpha value is -1.61. The average molecular weight is 394 g/mol. The van der Waals surface area contributed by atoms with Crippen LogP contribution in [0, 0.1) is 6.92 Å². The molecule has 0 saturated carbocycles. The molecule has 2 heteroatoms. The van der Waals surface area contributed by atoms with Crippen LogP contribution >= 0.6 is 0 Å². The number of benzene rings is 2. The fourth-order valence-electron chi connectivity index (χ4n) is 3.19. The number of aromatic nitrogens is 1. The van der Waals surface area contributed by atoms with E-state index in [2.05, 4.69) is 72.5 Å². The molecule has 0 spiro atoms. The molecule has 1 aromatic heterocycles. The van der Waals surface area contributed by atoms with E-state index in [-0.39, 0.29) is 0 Å². The second-order valence-corrected chi connectivity index (χ2v) is 18.2. The first-order valence-electron chi connectivity index (χ1n) is 10.0. The topological polar surface area (TPSA) is 12.9 Å². The fourth-order valence-corrected chi connectivity index (χ4v) is 5.45. The van der Waals surface area contributed by atoms with Crippen LogP contribution in [-0.2, 0) is 5.21 Å². The molecular weight excluding hydrogens is 363 g/mol. The number of hydrogen-bond donors (Lipinski definition) is 0. The van der Waals surface area contributed by atoms with Gasteiger partial charge in [-0.3, -0.25) is 0 Å². The van der Waals surface area contributed by atoms with Crippen LogP contribution in [0.3, 0.4) is 0 Å². The zero-order chi connectivity index (χ0) is 20.0. The van der Waals surface area contributed by atoms with Crippen molar-refractivity contribution in [2.45, 2.75) is 49.2 Å². The van der Waals surface area contributed by atoms with Gasteiger partial charge in [-0.2, -0.15) is 0 Å². The first-order chi connectivity index (χ1) is 12.5. The van der Waals surface area contributed by atoms with Crippen LogP contribution in [0.25, 0.3) is 22.0 Å². The van der Waals surface area contributed by atoms with Gasteiger partial charge in [-0.25, -0.2) is 0 Å². The molecule has 0 atom stereocenters. The fraction of sp³-hybridized carbons (Fsp3) is 0.348. The molecule has 0 fully saturated rings. The number of aryl methyl sites for hydroxylation is 1. The van der Waals surface area contributed by atoms with Crippen LogP contribution < -0.4 is 0 Å². The van der Waals surface area contributed by atoms with Gasteiger partial charge in [0.1, 0.15) is 0 Å². The van der Waals surface area contributed by atoms with Crippen LogP contribution in [0.1, 0.15) is 39.2 Å². The summed E-state index contributed by atoms with van der Waals surface area (Å²) in [5.74, 6) is 6.81. The van der Waals surface area contributed by atoms with E-state index in [0.717, 1.165) is 22.4 Å². The molecule has 130 valence electrons. The summed E-state index contributed by atoms with van der Waals surface area (Å²) < 4.78 is 17.6. The van der Waals surface area contributed by atoms with Crippen LogP contribution in [-0.4, -0.2) is 18.3 Å². The summed E-state index contributed by atoms with van der Waals surface area (Å²) in [5, 5.41) is 1.24. The van der Waals surface area contributed by atoms with Gasteiger partial charge < -0.3 is 0 Å². The molecule has 1 nitrogen and oxygen atoms in total. The molecule has 0 unspecified atom stereocenters. The van der Waals surface area contributed by atoms with Gasteiger partial charge in [0.05, 0.1) is 0 Å². The molecule has 0 amide bonds. The van der Waals surface area contributed by atoms with Gasteiger partial charge in [0.25, 0.3) is 0 Å². The molecule has 0 saturated heterocycles. The van der Waals surface area contributed by atoms with Crippen molar-refractivity contribution >= 4 is 24.0 Å². The third-order valence-corrected chi connectivity index (χ3v) is 6.56. The molecule has 2 aromatic carbocycles. The van der Waals surface area contributed by atoms with Crippen LogP contribution in [0.4, 0.5) is 0 Å². The molecule has 0 aliphatic carbocycles. The van der Waals surface area contributed by atoms with Crippen molar-refractivity contribution in [2.75, 3.05) is 0 Å². The standard InChI is InChI=1S/C23H29GeN/c1-16(2)22-12-19(11-18-9-7-8-10-21(18)22)23-13-20(14-24(4,5)6)17(3)15-25-23/h7-13,15-16H,14H2,1-6H3/i14D2. The maximum atomic E-state index is 8.78. The van der Waals surface area contributed by atoms with E-state index >= 15 is 0 Å². The zero-order valence-corrected chi connectivity index (χ0v) is 18.2. The summed E-state index contributed by atoms with van der Waals surface area (Å²) in [6, 6.07) is 14.9. The third kappa shape index (κ3) is 4.15. The number of rotatable bonds is 4. The van der Waals surface area contributed by atoms with Crippen LogP contribution in [0.5, 0.6) is 0 Å². The number of fused-ring (bicyclic) bond motifs is 1. The maximum absolute atomic E-state index is 8.78. The second kappa shape index (κ2) is 6.95. The van der Waals surface area contributed by atoms with E-state index in [0.29, 0.717) is 5.92 Å². The van der Waals surface area contributed by atoms with E-state index in [4.69, 9.17) is 2.74 Å². The molecule has 0 radical (unpaired) electrons. The minimum absolute atomic E-state index is 0.413. The minimum atomic E-state index is -2.59. The normalized spacial score (nSPS) is 13.9. The average Bonchev–Trinajstić information content (AvgIpc) is 2.59. The molecule has 0 N–H and O–H groups in total. The Morgan fingerprint density at radius 2 is 1.80 bits per heavy atom. The summed E-state index contributed by atoms with van der Waals surface area (Å²) in [6.07, 6.45) is 1.83. The summed E-state index contributed by atoms with van der Waals surface area (Å²) in [7, 11) is 0. The summed E-state index contributed by atoms with van der Waals surface area (Å²) in [5.41, 5.74) is 4.98. The van der Waals surface area contributed by atoms with Gasteiger partial charge in [0, 0.05) is 0 Å². The summed E-state index contributed by atoms with van der Waals surface area (Å²) in [6.45, 7) is 6.40. The van der Waals surface area contributed by atoms with Crippen molar-refractivity contribution in [3.8, 4) is 11.3 Å². The SMILES string of the molecule is [2H][C]([2H])(c1cc(-c2cc(C(C)C)c3ccccc3c2)ncc1C)[Ge]([CH3])([CH3])[CH3]. The monoisotopic (exact) mass is 395 g/mol. The summed E-state index contributed by atoms with van der Waals surface area (Å²) >= 11 is -2.59. The number of nitrogens with zero attached hydrogens (tertiary/aromatic N) is 1. The van der Waals surface area contributed by atoms with Crippen molar-refractivity contribution in [3.63, 3.8) is 0 Å². The van der Waals surface area contributed by atoms with E-state index in [1.165, 1.54) is 16.3 Å². The van der Waals surface area contributed by atoms with E-state index < -0.39 is 18.5 Å². The quantitative estimate of drug-likeness (QED) is 0.446. The van der Waals surface area contributed by atoms with Gasteiger partial charge >= 0.3 is 158 Å². The van der Waals surface area contributed by atoms with Crippen LogP contribution in [0.2, 0.25) is 17.3 Å². The van der Waals surface area contributed by atoms with Crippen molar-refractivity contribution < 1.29 is 2.74 Å². The molecule has 3 rings (SSSR count). The van der Waals surface area contributed by atoms with Crippen molar-refractivity contribution in [2.24, 2.45) is 0 Å². The Labute approximate surface area is 157 Å². The first kappa shape index (κ1) is 15.6. The van der Waals surface area contributed by atoms with E-state index in [1.54, 1.807) is 0 Å². The summed E-state index contributed by atoms with van der Waals surface area (Å²) in [4.78, 5) is 4.67. The molecule has 3 aromatic rings. The molecule has 0 aliphatic rings. The van der Waals surface area contributed by atoms with Gasteiger partial charge in [0.2, 0.25) is 0 Å². The van der Waals surface area contributed by atoms with Gasteiger partial charge in [-0.15, -0.1) is 0 Å². The third-order valence-electron chi connectivity index (χ3n) is 4.42. The predicted molar refractivity (Wildman–Crippen MR) is 113 cm³/mol. The van der Waals surface area contributed by atoms with Crippen molar-refractivity contribution in [3.05, 3.63) is 65.4 Å². The van der Waals surface area contributed by atoms with Gasteiger partial charge in [0.15, 0.2) is 0 Å². The number of pyridine rings is 1. The van der Waals surface area contributed by atoms with Crippen molar-refractivity contribution in [1.82, 2.24) is 4.98 Å². The predicted octanol–water partition coefficient (Wildman–Crippen LogP) is 6.75. The van der Waals surface area contributed by atoms with Crippen LogP contribution in [0.15, 0.2) is 48.7 Å². The number of hydrogen-bond acceptors (Lipinski definition) is 1. The zero-order valence-electron chi connectivity index (χ0n) is 18.1. The Kier molecular flexibility index (Phi) is 4.35. The first-order valence-corrected chi connectivity index (χ1v) is 16.4. The Morgan fingerprint density at radius 1 is 1.08 bits per heavy atom. The molecule has 1 heterocycles.